The van der Waals surface area contributed by atoms with Gasteiger partial charge in [0, 0.05) is 10.1 Å². The van der Waals surface area contributed by atoms with Gasteiger partial charge in [-0.05, 0) is 31.0 Å². The highest BCUT2D eigenvalue weighted by Crippen LogP contribution is 2.32. The molecule has 6 heteroatoms. The molecule has 0 unspecified atom stereocenters. The number of hydrogen-bond acceptors (Lipinski definition) is 4. The Morgan fingerprint density at radius 1 is 1.26 bits per heavy atom. The summed E-state index contributed by atoms with van der Waals surface area (Å²) in [5.41, 5.74) is -0.960. The molecule has 0 saturated heterocycles. The average molecular weight is 335 g/mol. The molecule has 0 radical (unpaired) electrons. The summed E-state index contributed by atoms with van der Waals surface area (Å²) < 4.78 is 19.4. The van der Waals surface area contributed by atoms with Gasteiger partial charge in [-0.15, -0.1) is 11.3 Å². The van der Waals surface area contributed by atoms with Crippen LogP contribution in [0.1, 0.15) is 41.8 Å². The maximum Gasteiger partial charge on any atom is 0.331 e. The number of carbonyl (C=O) groups is 2. The number of methoxy groups -OCH3 is 1. The van der Waals surface area contributed by atoms with Gasteiger partial charge in [-0.2, -0.15) is 0 Å². The van der Waals surface area contributed by atoms with E-state index in [1.165, 1.54) is 24.5 Å². The van der Waals surface area contributed by atoms with Crippen molar-refractivity contribution in [3.8, 4) is 0 Å². The third kappa shape index (κ3) is 2.95. The number of benzene rings is 1. The molecule has 1 aromatic carbocycles. The highest BCUT2D eigenvalue weighted by molar-refractivity contribution is 7.20. The summed E-state index contributed by atoms with van der Waals surface area (Å²) in [6.07, 6.45) is 3.94. The first kappa shape index (κ1) is 15.9. The molecule has 1 amide bonds. The van der Waals surface area contributed by atoms with Gasteiger partial charge in [-0.25, -0.2) is 9.18 Å². The molecule has 0 bridgehead atoms. The van der Waals surface area contributed by atoms with Crippen molar-refractivity contribution in [1.29, 1.82) is 0 Å². The number of rotatable bonds is 3. The molecule has 4 nitrogen and oxygen atoms in total. The molecule has 1 aliphatic carbocycles. The maximum atomic E-state index is 13.8. The van der Waals surface area contributed by atoms with Crippen molar-refractivity contribution in [2.24, 2.45) is 0 Å². The molecule has 122 valence electrons. The second-order valence-electron chi connectivity index (χ2n) is 5.85. The van der Waals surface area contributed by atoms with E-state index in [-0.39, 0.29) is 11.7 Å². The van der Waals surface area contributed by atoms with Crippen LogP contribution >= 0.6 is 11.3 Å². The van der Waals surface area contributed by atoms with E-state index >= 15 is 0 Å². The van der Waals surface area contributed by atoms with Crippen LogP contribution in [0, 0.1) is 5.82 Å². The molecule has 0 spiro atoms. The largest absolute Gasteiger partial charge is 0.467 e. The lowest BCUT2D eigenvalue weighted by Gasteiger charge is -2.35. The summed E-state index contributed by atoms with van der Waals surface area (Å²) >= 11 is 1.22. The molecule has 3 rings (SSSR count). The topological polar surface area (TPSA) is 55.4 Å². The second kappa shape index (κ2) is 6.28. The van der Waals surface area contributed by atoms with E-state index in [1.54, 1.807) is 18.2 Å². The summed E-state index contributed by atoms with van der Waals surface area (Å²) in [4.78, 5) is 25.2. The number of halogens is 1. The number of esters is 1. The zero-order valence-corrected chi connectivity index (χ0v) is 13.7. The van der Waals surface area contributed by atoms with Crippen molar-refractivity contribution in [2.45, 2.75) is 37.6 Å². The smallest absolute Gasteiger partial charge is 0.331 e. The van der Waals surface area contributed by atoms with Gasteiger partial charge in [-0.1, -0.05) is 25.3 Å². The Labute approximate surface area is 137 Å². The standard InChI is InChI=1S/C17H18FNO3S/c1-22-16(21)17(8-3-2-4-9-17)19-15(20)14-10-11-12(18)6-5-7-13(11)23-14/h5-7,10H,2-4,8-9H2,1H3,(H,19,20). The van der Waals surface area contributed by atoms with E-state index in [1.807, 2.05) is 0 Å². The fourth-order valence-corrected chi connectivity index (χ4v) is 4.12. The number of amides is 1. The summed E-state index contributed by atoms with van der Waals surface area (Å²) in [6.45, 7) is 0. The summed E-state index contributed by atoms with van der Waals surface area (Å²) in [6, 6.07) is 6.30. The molecule has 1 N–H and O–H groups in total. The van der Waals surface area contributed by atoms with Crippen LogP contribution in [0.4, 0.5) is 4.39 Å². The molecular formula is C17H18FNO3S. The number of carbonyl (C=O) groups excluding carboxylic acids is 2. The molecule has 2 aromatic rings. The van der Waals surface area contributed by atoms with Gasteiger partial charge in [0.1, 0.15) is 11.4 Å². The number of ether oxygens (including phenoxy) is 1. The molecular weight excluding hydrogens is 317 g/mol. The van der Waals surface area contributed by atoms with E-state index in [2.05, 4.69) is 5.32 Å². The SMILES string of the molecule is COC(=O)C1(NC(=O)c2cc3c(F)cccc3s2)CCCCC1. The molecule has 1 aliphatic rings. The van der Waals surface area contributed by atoms with Gasteiger partial charge in [0.15, 0.2) is 0 Å². The van der Waals surface area contributed by atoms with Crippen molar-refractivity contribution >= 4 is 33.3 Å². The van der Waals surface area contributed by atoms with Gasteiger partial charge in [-0.3, -0.25) is 4.79 Å². The van der Waals surface area contributed by atoms with E-state index in [0.717, 1.165) is 19.3 Å². The number of thiophene rings is 1. The molecule has 23 heavy (non-hydrogen) atoms. The minimum Gasteiger partial charge on any atom is -0.467 e. The van der Waals surface area contributed by atoms with Gasteiger partial charge < -0.3 is 10.1 Å². The first-order chi connectivity index (χ1) is 11.1. The van der Waals surface area contributed by atoms with Crippen LogP contribution < -0.4 is 5.32 Å². The van der Waals surface area contributed by atoms with Gasteiger partial charge >= 0.3 is 5.97 Å². The predicted molar refractivity (Wildman–Crippen MR) is 87.1 cm³/mol. The maximum absolute atomic E-state index is 13.8. The molecule has 1 saturated carbocycles. The Hall–Kier alpha value is -1.95. The molecule has 1 fully saturated rings. The van der Waals surface area contributed by atoms with Gasteiger partial charge in [0.05, 0.1) is 12.0 Å². The zero-order valence-electron chi connectivity index (χ0n) is 12.9. The summed E-state index contributed by atoms with van der Waals surface area (Å²) in [5.74, 6) is -1.10. The fourth-order valence-electron chi connectivity index (χ4n) is 3.15. The zero-order chi connectivity index (χ0) is 16.4. The quantitative estimate of drug-likeness (QED) is 0.871. The summed E-state index contributed by atoms with van der Waals surface area (Å²) in [5, 5.41) is 3.28. The van der Waals surface area contributed by atoms with Crippen molar-refractivity contribution in [2.75, 3.05) is 7.11 Å². The lowest BCUT2D eigenvalue weighted by Crippen LogP contribution is -2.56. The minimum absolute atomic E-state index is 0.349. The highest BCUT2D eigenvalue weighted by atomic mass is 32.1. The first-order valence-electron chi connectivity index (χ1n) is 7.65. The normalized spacial score (nSPS) is 17.0. The van der Waals surface area contributed by atoms with Crippen molar-refractivity contribution in [3.05, 3.63) is 35.0 Å². The molecule has 1 heterocycles. The number of nitrogens with one attached hydrogen (secondary N) is 1. The third-order valence-electron chi connectivity index (χ3n) is 4.37. The van der Waals surface area contributed by atoms with E-state index < -0.39 is 11.5 Å². The first-order valence-corrected chi connectivity index (χ1v) is 8.46. The van der Waals surface area contributed by atoms with Crippen LogP contribution in [0.15, 0.2) is 24.3 Å². The monoisotopic (exact) mass is 335 g/mol. The Balaban J connectivity index is 1.88. The predicted octanol–water partition coefficient (Wildman–Crippen LogP) is 3.65. The van der Waals surface area contributed by atoms with Crippen molar-refractivity contribution < 1.29 is 18.7 Å². The second-order valence-corrected chi connectivity index (χ2v) is 6.93. The van der Waals surface area contributed by atoms with Crippen molar-refractivity contribution in [1.82, 2.24) is 5.32 Å². The van der Waals surface area contributed by atoms with E-state index in [0.29, 0.717) is 27.8 Å². The van der Waals surface area contributed by atoms with Crippen LogP contribution in [0.5, 0.6) is 0 Å². The highest BCUT2D eigenvalue weighted by Gasteiger charge is 2.42. The van der Waals surface area contributed by atoms with Crippen LogP contribution in [0.3, 0.4) is 0 Å². The van der Waals surface area contributed by atoms with E-state index in [4.69, 9.17) is 4.74 Å². The summed E-state index contributed by atoms with van der Waals surface area (Å²) in [7, 11) is 1.33. The Bertz CT molecular complexity index is 749. The third-order valence-corrected chi connectivity index (χ3v) is 5.47. The Morgan fingerprint density at radius 3 is 2.65 bits per heavy atom. The van der Waals surface area contributed by atoms with Crippen LogP contribution in [-0.4, -0.2) is 24.5 Å². The van der Waals surface area contributed by atoms with Gasteiger partial charge in [0.25, 0.3) is 5.91 Å². The van der Waals surface area contributed by atoms with Crippen LogP contribution in [-0.2, 0) is 9.53 Å². The Kier molecular flexibility index (Phi) is 4.35. The molecule has 1 aromatic heterocycles. The van der Waals surface area contributed by atoms with Crippen molar-refractivity contribution in [3.63, 3.8) is 0 Å². The van der Waals surface area contributed by atoms with Crippen LogP contribution in [0.25, 0.3) is 10.1 Å². The lowest BCUT2D eigenvalue weighted by atomic mass is 9.81. The van der Waals surface area contributed by atoms with Gasteiger partial charge in [0.2, 0.25) is 0 Å². The number of hydrogen-bond donors (Lipinski definition) is 1. The lowest BCUT2D eigenvalue weighted by molar-refractivity contribution is -0.149. The van der Waals surface area contributed by atoms with Crippen LogP contribution in [0.2, 0.25) is 0 Å². The van der Waals surface area contributed by atoms with E-state index in [9.17, 15) is 14.0 Å². The fraction of sp³-hybridized carbons (Fsp3) is 0.412. The average Bonchev–Trinajstić information content (AvgIpc) is 3.01. The Morgan fingerprint density at radius 2 is 2.00 bits per heavy atom. The molecule has 0 atom stereocenters. The molecule has 0 aliphatic heterocycles. The number of fused-ring (bicyclic) bond motifs is 1. The minimum atomic E-state index is -0.960.